The van der Waals surface area contributed by atoms with Crippen molar-refractivity contribution in [2.24, 2.45) is 0 Å². The molecule has 3 nitrogen and oxygen atoms in total. The molecule has 0 saturated carbocycles. The Balaban J connectivity index is 2.48. The molecule has 0 fully saturated rings. The molecule has 0 spiro atoms. The average molecular weight is 215 g/mol. The van der Waals surface area contributed by atoms with Gasteiger partial charge < -0.3 is 4.42 Å². The van der Waals surface area contributed by atoms with Gasteiger partial charge in [-0.1, -0.05) is 24.6 Å². The summed E-state index contributed by atoms with van der Waals surface area (Å²) in [5.41, 5.74) is 2.76. The number of carbonyl (C=O) groups excluding carboxylic acids is 1. The van der Waals surface area contributed by atoms with Crippen LogP contribution in [0.2, 0.25) is 0 Å². The molecular formula is C13H13NO2. The van der Waals surface area contributed by atoms with Gasteiger partial charge in [0.15, 0.2) is 12.0 Å². The van der Waals surface area contributed by atoms with Crippen LogP contribution in [0.3, 0.4) is 0 Å². The van der Waals surface area contributed by atoms with Crippen LogP contribution in [0.25, 0.3) is 11.5 Å². The van der Waals surface area contributed by atoms with Crippen LogP contribution in [0.5, 0.6) is 0 Å². The fourth-order valence-electron chi connectivity index (χ4n) is 1.61. The van der Waals surface area contributed by atoms with E-state index in [1.165, 1.54) is 0 Å². The third-order valence-electron chi connectivity index (χ3n) is 2.43. The molecule has 82 valence electrons. The molecule has 1 aromatic heterocycles. The highest BCUT2D eigenvalue weighted by atomic mass is 16.4. The molecule has 0 N–H and O–H groups in total. The van der Waals surface area contributed by atoms with Crippen LogP contribution in [0.1, 0.15) is 28.7 Å². The minimum absolute atomic E-state index is 0.332. The zero-order valence-electron chi connectivity index (χ0n) is 9.36. The molecular weight excluding hydrogens is 202 g/mol. The van der Waals surface area contributed by atoms with E-state index in [4.69, 9.17) is 4.42 Å². The molecule has 2 aromatic rings. The lowest BCUT2D eigenvalue weighted by Gasteiger charge is -1.96. The number of nitrogens with zero attached hydrogens (tertiary/aromatic N) is 1. The Morgan fingerprint density at radius 1 is 1.44 bits per heavy atom. The van der Waals surface area contributed by atoms with Gasteiger partial charge in [0.05, 0.1) is 5.69 Å². The third kappa shape index (κ3) is 1.89. The maximum absolute atomic E-state index is 10.8. The van der Waals surface area contributed by atoms with E-state index in [0.29, 0.717) is 30.1 Å². The molecule has 2 rings (SSSR count). The van der Waals surface area contributed by atoms with Gasteiger partial charge in [-0.15, -0.1) is 0 Å². The zero-order valence-corrected chi connectivity index (χ0v) is 9.36. The SMILES string of the molecule is CCc1nc(-c2cccc(C)c2)oc1C=O. The average Bonchev–Trinajstić information content (AvgIpc) is 2.72. The molecule has 1 aromatic carbocycles. The maximum Gasteiger partial charge on any atom is 0.227 e. The topological polar surface area (TPSA) is 43.1 Å². The smallest absolute Gasteiger partial charge is 0.227 e. The Morgan fingerprint density at radius 2 is 2.25 bits per heavy atom. The van der Waals surface area contributed by atoms with Crippen LogP contribution < -0.4 is 0 Å². The van der Waals surface area contributed by atoms with Gasteiger partial charge in [0.25, 0.3) is 0 Å². The fourth-order valence-corrected chi connectivity index (χ4v) is 1.61. The molecule has 16 heavy (non-hydrogen) atoms. The van der Waals surface area contributed by atoms with E-state index in [1.54, 1.807) is 0 Å². The molecule has 3 heteroatoms. The highest BCUT2D eigenvalue weighted by Gasteiger charge is 2.12. The molecule has 0 radical (unpaired) electrons. The first-order valence-corrected chi connectivity index (χ1v) is 5.26. The lowest BCUT2D eigenvalue weighted by molar-refractivity contribution is 0.110. The van der Waals surface area contributed by atoms with Crippen molar-refractivity contribution < 1.29 is 9.21 Å². The van der Waals surface area contributed by atoms with Crippen LogP contribution in [-0.4, -0.2) is 11.3 Å². The van der Waals surface area contributed by atoms with Crippen molar-refractivity contribution in [3.8, 4) is 11.5 Å². The van der Waals surface area contributed by atoms with Gasteiger partial charge in [-0.25, -0.2) is 4.98 Å². The van der Waals surface area contributed by atoms with E-state index < -0.39 is 0 Å². The normalized spacial score (nSPS) is 10.4. The number of aryl methyl sites for hydroxylation is 2. The molecule has 0 aliphatic rings. The summed E-state index contributed by atoms with van der Waals surface area (Å²) in [5, 5.41) is 0. The van der Waals surface area contributed by atoms with Crippen molar-refractivity contribution >= 4 is 6.29 Å². The minimum Gasteiger partial charge on any atom is -0.433 e. The van der Waals surface area contributed by atoms with Crippen molar-refractivity contribution in [3.63, 3.8) is 0 Å². The number of oxazole rings is 1. The van der Waals surface area contributed by atoms with E-state index in [9.17, 15) is 4.79 Å². The van der Waals surface area contributed by atoms with Crippen LogP contribution in [0.4, 0.5) is 0 Å². The zero-order chi connectivity index (χ0) is 11.5. The minimum atomic E-state index is 0.332. The number of rotatable bonds is 3. The summed E-state index contributed by atoms with van der Waals surface area (Å²) in [6, 6.07) is 7.86. The Morgan fingerprint density at radius 3 is 2.81 bits per heavy atom. The second kappa shape index (κ2) is 4.31. The summed E-state index contributed by atoms with van der Waals surface area (Å²) in [7, 11) is 0. The number of hydrogen-bond acceptors (Lipinski definition) is 3. The molecule has 1 heterocycles. The first kappa shape index (κ1) is 10.6. The van der Waals surface area contributed by atoms with Gasteiger partial charge in [0.1, 0.15) is 0 Å². The van der Waals surface area contributed by atoms with Gasteiger partial charge in [-0.05, 0) is 25.5 Å². The summed E-state index contributed by atoms with van der Waals surface area (Å²) in [5.74, 6) is 0.849. The van der Waals surface area contributed by atoms with Crippen LogP contribution in [0.15, 0.2) is 28.7 Å². The Labute approximate surface area is 94.1 Å². The van der Waals surface area contributed by atoms with Crippen molar-refractivity contribution in [1.29, 1.82) is 0 Å². The Bertz CT molecular complexity index is 514. The summed E-state index contributed by atoms with van der Waals surface area (Å²) >= 11 is 0. The Hall–Kier alpha value is -1.90. The summed E-state index contributed by atoms with van der Waals surface area (Å²) in [6.45, 7) is 3.96. The van der Waals surface area contributed by atoms with E-state index in [1.807, 2.05) is 38.1 Å². The van der Waals surface area contributed by atoms with Gasteiger partial charge in [-0.3, -0.25) is 4.79 Å². The van der Waals surface area contributed by atoms with Crippen molar-refractivity contribution in [1.82, 2.24) is 4.98 Å². The summed E-state index contributed by atoms with van der Waals surface area (Å²) < 4.78 is 5.42. The molecule has 0 unspecified atom stereocenters. The largest absolute Gasteiger partial charge is 0.433 e. The van der Waals surface area contributed by atoms with Crippen LogP contribution in [-0.2, 0) is 6.42 Å². The molecule has 0 bridgehead atoms. The van der Waals surface area contributed by atoms with Crippen LogP contribution in [0, 0.1) is 6.92 Å². The number of aromatic nitrogens is 1. The number of benzene rings is 1. The highest BCUT2D eigenvalue weighted by molar-refractivity contribution is 5.73. The van der Waals surface area contributed by atoms with Crippen LogP contribution >= 0.6 is 0 Å². The lowest BCUT2D eigenvalue weighted by Crippen LogP contribution is -1.85. The van der Waals surface area contributed by atoms with E-state index in [-0.39, 0.29) is 0 Å². The predicted octanol–water partition coefficient (Wildman–Crippen LogP) is 3.02. The molecule has 0 amide bonds. The number of carbonyl (C=O) groups is 1. The van der Waals surface area contributed by atoms with Crippen molar-refractivity contribution in [3.05, 3.63) is 41.3 Å². The predicted molar refractivity (Wildman–Crippen MR) is 61.4 cm³/mol. The lowest BCUT2D eigenvalue weighted by atomic mass is 10.1. The van der Waals surface area contributed by atoms with Gasteiger partial charge in [0.2, 0.25) is 5.89 Å². The van der Waals surface area contributed by atoms with E-state index in [2.05, 4.69) is 4.98 Å². The number of aldehydes is 1. The van der Waals surface area contributed by atoms with Gasteiger partial charge >= 0.3 is 0 Å². The van der Waals surface area contributed by atoms with Crippen molar-refractivity contribution in [2.75, 3.05) is 0 Å². The third-order valence-corrected chi connectivity index (χ3v) is 2.43. The highest BCUT2D eigenvalue weighted by Crippen LogP contribution is 2.22. The second-order valence-electron chi connectivity index (χ2n) is 3.67. The van der Waals surface area contributed by atoms with E-state index >= 15 is 0 Å². The molecule has 0 atom stereocenters. The molecule has 0 saturated heterocycles. The van der Waals surface area contributed by atoms with Crippen molar-refractivity contribution in [2.45, 2.75) is 20.3 Å². The van der Waals surface area contributed by atoms with Gasteiger partial charge in [0, 0.05) is 5.56 Å². The standard InChI is InChI=1S/C13H13NO2/c1-3-11-12(8-15)16-13(14-11)10-6-4-5-9(2)7-10/h4-8H,3H2,1-2H3. The molecule has 0 aliphatic heterocycles. The van der Waals surface area contributed by atoms with Gasteiger partial charge in [-0.2, -0.15) is 0 Å². The maximum atomic E-state index is 10.8. The van der Waals surface area contributed by atoms with E-state index in [0.717, 1.165) is 11.1 Å². The summed E-state index contributed by atoms with van der Waals surface area (Å²) in [6.07, 6.45) is 1.41. The first-order chi connectivity index (χ1) is 7.74. The monoisotopic (exact) mass is 215 g/mol. The number of hydrogen-bond donors (Lipinski definition) is 0. The Kier molecular flexibility index (Phi) is 2.86. The molecule has 0 aliphatic carbocycles. The first-order valence-electron chi connectivity index (χ1n) is 5.26. The second-order valence-corrected chi connectivity index (χ2v) is 3.67. The fraction of sp³-hybridized carbons (Fsp3) is 0.231. The quantitative estimate of drug-likeness (QED) is 0.739. The summed E-state index contributed by atoms with van der Waals surface area (Å²) in [4.78, 5) is 15.1.